The molecule has 112 valence electrons. The highest BCUT2D eigenvalue weighted by molar-refractivity contribution is 7.13. The van der Waals surface area contributed by atoms with Crippen LogP contribution in [-0.4, -0.2) is 38.8 Å². The van der Waals surface area contributed by atoms with Gasteiger partial charge in [0.25, 0.3) is 5.89 Å². The Balaban J connectivity index is 1.73. The monoisotopic (exact) mass is 307 g/mol. The molecule has 3 heterocycles. The minimum Gasteiger partial charge on any atom is -0.480 e. The summed E-state index contributed by atoms with van der Waals surface area (Å²) < 4.78 is 5.65. The van der Waals surface area contributed by atoms with Crippen molar-refractivity contribution in [1.82, 2.24) is 15.1 Å². The maximum Gasteiger partial charge on any atom is 0.320 e. The van der Waals surface area contributed by atoms with Gasteiger partial charge in [-0.3, -0.25) is 9.69 Å². The van der Waals surface area contributed by atoms with Gasteiger partial charge >= 0.3 is 5.97 Å². The van der Waals surface area contributed by atoms with E-state index in [-0.39, 0.29) is 0 Å². The molecule has 7 heteroatoms. The van der Waals surface area contributed by atoms with Crippen molar-refractivity contribution >= 4 is 17.3 Å². The number of thiophene rings is 1. The molecule has 0 spiro atoms. The number of aliphatic carboxylic acids is 1. The molecule has 2 aromatic rings. The van der Waals surface area contributed by atoms with Crippen molar-refractivity contribution < 1.29 is 14.3 Å². The predicted octanol–water partition coefficient (Wildman–Crippen LogP) is 2.63. The Morgan fingerprint density at radius 2 is 2.33 bits per heavy atom. The first-order valence-corrected chi connectivity index (χ1v) is 7.95. The van der Waals surface area contributed by atoms with Crippen LogP contribution in [-0.2, 0) is 11.3 Å². The molecule has 0 bridgehead atoms. The summed E-state index contributed by atoms with van der Waals surface area (Å²) in [5, 5.41) is 19.4. The lowest BCUT2D eigenvalue weighted by atomic mass is 10.1. The molecule has 1 aliphatic rings. The molecule has 1 aliphatic heterocycles. The molecule has 0 aromatic carbocycles. The van der Waals surface area contributed by atoms with Crippen LogP contribution in [0.1, 0.15) is 31.6 Å². The van der Waals surface area contributed by atoms with Gasteiger partial charge in [0, 0.05) is 0 Å². The summed E-state index contributed by atoms with van der Waals surface area (Å²) in [6, 6.07) is 3.40. The van der Waals surface area contributed by atoms with Crippen molar-refractivity contribution in [3.63, 3.8) is 0 Å². The van der Waals surface area contributed by atoms with Crippen LogP contribution < -0.4 is 0 Å². The molecular formula is C14H17N3O3S. The van der Waals surface area contributed by atoms with E-state index in [1.807, 2.05) is 22.4 Å². The quantitative estimate of drug-likeness (QED) is 0.935. The molecular weight excluding hydrogens is 290 g/mol. The lowest BCUT2D eigenvalue weighted by Gasteiger charge is -2.24. The van der Waals surface area contributed by atoms with Crippen LogP contribution in [0.2, 0.25) is 0 Å². The van der Waals surface area contributed by atoms with Crippen molar-refractivity contribution in [2.24, 2.45) is 0 Å². The number of rotatable bonds is 4. The Morgan fingerprint density at radius 1 is 1.43 bits per heavy atom. The molecule has 0 amide bonds. The third-order valence-electron chi connectivity index (χ3n) is 3.69. The fraction of sp³-hybridized carbons (Fsp3) is 0.500. The maximum atomic E-state index is 11.4. The zero-order valence-electron chi connectivity index (χ0n) is 11.6. The Bertz CT molecular complexity index is 596. The van der Waals surface area contributed by atoms with E-state index in [0.29, 0.717) is 24.7 Å². The largest absolute Gasteiger partial charge is 0.480 e. The predicted molar refractivity (Wildman–Crippen MR) is 77.9 cm³/mol. The fourth-order valence-electron chi connectivity index (χ4n) is 2.63. The van der Waals surface area contributed by atoms with Crippen LogP contribution >= 0.6 is 11.3 Å². The van der Waals surface area contributed by atoms with E-state index >= 15 is 0 Å². The first-order valence-electron chi connectivity index (χ1n) is 7.07. The van der Waals surface area contributed by atoms with E-state index in [0.717, 1.165) is 30.7 Å². The van der Waals surface area contributed by atoms with Crippen LogP contribution in [0.3, 0.4) is 0 Å². The number of aromatic nitrogens is 2. The van der Waals surface area contributed by atoms with Crippen molar-refractivity contribution in [2.75, 3.05) is 6.54 Å². The first-order chi connectivity index (χ1) is 10.2. The maximum absolute atomic E-state index is 11.4. The third kappa shape index (κ3) is 3.30. The molecule has 1 atom stereocenters. The van der Waals surface area contributed by atoms with E-state index in [1.54, 1.807) is 11.3 Å². The SMILES string of the molecule is O=C(O)C1CCCCCN1Cc1nnc(-c2cccs2)o1. The Hall–Kier alpha value is -1.73. The molecule has 21 heavy (non-hydrogen) atoms. The van der Waals surface area contributed by atoms with Crippen LogP contribution in [0.4, 0.5) is 0 Å². The van der Waals surface area contributed by atoms with E-state index < -0.39 is 12.0 Å². The molecule has 0 saturated carbocycles. The molecule has 1 saturated heterocycles. The van der Waals surface area contributed by atoms with Crippen molar-refractivity contribution in [3.8, 4) is 10.8 Å². The summed E-state index contributed by atoms with van der Waals surface area (Å²) in [6.45, 7) is 1.16. The lowest BCUT2D eigenvalue weighted by molar-refractivity contribution is -0.143. The van der Waals surface area contributed by atoms with Gasteiger partial charge in [-0.15, -0.1) is 21.5 Å². The van der Waals surface area contributed by atoms with E-state index in [1.165, 1.54) is 0 Å². The zero-order chi connectivity index (χ0) is 14.7. The van der Waals surface area contributed by atoms with Gasteiger partial charge in [-0.2, -0.15) is 0 Å². The highest BCUT2D eigenvalue weighted by atomic mass is 32.1. The number of carboxylic acid groups (broad SMARTS) is 1. The normalized spacial score (nSPS) is 20.3. The molecule has 6 nitrogen and oxygen atoms in total. The van der Waals surface area contributed by atoms with Crippen molar-refractivity contribution in [2.45, 2.75) is 38.3 Å². The standard InChI is InChI=1S/C14H17N3O3S/c18-14(19)10-5-2-1-3-7-17(10)9-12-15-16-13(20-12)11-6-4-8-21-11/h4,6,8,10H,1-3,5,7,9H2,(H,18,19). The molecule has 2 aromatic heterocycles. The summed E-state index contributed by atoms with van der Waals surface area (Å²) in [5.74, 6) is 0.211. The van der Waals surface area contributed by atoms with Gasteiger partial charge in [-0.05, 0) is 30.8 Å². The second-order valence-electron chi connectivity index (χ2n) is 5.15. The Morgan fingerprint density at radius 3 is 3.10 bits per heavy atom. The number of hydrogen-bond donors (Lipinski definition) is 1. The van der Waals surface area contributed by atoms with E-state index in [9.17, 15) is 9.90 Å². The number of carbonyl (C=O) groups is 1. The topological polar surface area (TPSA) is 79.5 Å². The number of hydrogen-bond acceptors (Lipinski definition) is 6. The number of likely N-dealkylation sites (tertiary alicyclic amines) is 1. The molecule has 0 radical (unpaired) electrons. The zero-order valence-corrected chi connectivity index (χ0v) is 12.4. The minimum absolute atomic E-state index is 0.398. The van der Waals surface area contributed by atoms with Crippen molar-refractivity contribution in [1.29, 1.82) is 0 Å². The lowest BCUT2D eigenvalue weighted by Crippen LogP contribution is -2.40. The smallest absolute Gasteiger partial charge is 0.320 e. The first kappa shape index (κ1) is 14.2. The van der Waals surface area contributed by atoms with E-state index in [4.69, 9.17) is 4.42 Å². The summed E-state index contributed by atoms with van der Waals surface area (Å²) in [7, 11) is 0. The molecule has 1 unspecified atom stereocenters. The molecule has 3 rings (SSSR count). The van der Waals surface area contributed by atoms with Gasteiger partial charge in [0.05, 0.1) is 11.4 Å². The van der Waals surface area contributed by atoms with Crippen LogP contribution in [0, 0.1) is 0 Å². The third-order valence-corrected chi connectivity index (χ3v) is 4.54. The minimum atomic E-state index is -0.769. The van der Waals surface area contributed by atoms with Crippen LogP contribution in [0.25, 0.3) is 10.8 Å². The summed E-state index contributed by atoms with van der Waals surface area (Å²) in [5.41, 5.74) is 0. The van der Waals surface area contributed by atoms with Crippen LogP contribution in [0.15, 0.2) is 21.9 Å². The number of nitrogens with zero attached hydrogens (tertiary/aromatic N) is 3. The van der Waals surface area contributed by atoms with Gasteiger partial charge in [0.15, 0.2) is 0 Å². The number of carboxylic acids is 1. The van der Waals surface area contributed by atoms with Crippen molar-refractivity contribution in [3.05, 3.63) is 23.4 Å². The average molecular weight is 307 g/mol. The second-order valence-corrected chi connectivity index (χ2v) is 6.10. The second kappa shape index (κ2) is 6.36. The summed E-state index contributed by atoms with van der Waals surface area (Å²) in [6.07, 6.45) is 3.72. The van der Waals surface area contributed by atoms with Gasteiger partial charge in [0.2, 0.25) is 5.89 Å². The summed E-state index contributed by atoms with van der Waals surface area (Å²) >= 11 is 1.54. The van der Waals surface area contributed by atoms with Gasteiger partial charge in [-0.1, -0.05) is 18.9 Å². The van der Waals surface area contributed by atoms with Gasteiger partial charge < -0.3 is 9.52 Å². The fourth-order valence-corrected chi connectivity index (χ4v) is 3.27. The Kier molecular flexibility index (Phi) is 4.31. The van der Waals surface area contributed by atoms with Gasteiger partial charge in [0.1, 0.15) is 6.04 Å². The highest BCUT2D eigenvalue weighted by Gasteiger charge is 2.28. The molecule has 1 N–H and O–H groups in total. The molecule has 0 aliphatic carbocycles. The average Bonchev–Trinajstić information content (AvgIpc) is 3.07. The van der Waals surface area contributed by atoms with E-state index in [2.05, 4.69) is 10.2 Å². The summed E-state index contributed by atoms with van der Waals surface area (Å²) in [4.78, 5) is 14.3. The van der Waals surface area contributed by atoms with Gasteiger partial charge in [-0.25, -0.2) is 0 Å². The Labute approximate surface area is 126 Å². The van der Waals surface area contributed by atoms with Crippen LogP contribution in [0.5, 0.6) is 0 Å². The highest BCUT2D eigenvalue weighted by Crippen LogP contribution is 2.24. The molecule has 1 fully saturated rings.